The third-order valence-corrected chi connectivity index (χ3v) is 2.29. The summed E-state index contributed by atoms with van der Waals surface area (Å²) in [5.74, 6) is -0.224. The molecule has 2 rings (SSSR count). The quantitative estimate of drug-likeness (QED) is 0.751. The van der Waals surface area contributed by atoms with Crippen LogP contribution in [-0.2, 0) is 6.54 Å². The number of hydrogen-bond donors (Lipinski definition) is 0. The standard InChI is InChI=1S/C11H10F2N2O/c1-7(16)11-14-8-4-2-3-5-9(8)15(11)6-10(12)13/h2-5,10H,6H2,1H3. The fraction of sp³-hybridized carbons (Fsp3) is 0.273. The van der Waals surface area contributed by atoms with Gasteiger partial charge in [0.15, 0.2) is 11.6 Å². The van der Waals surface area contributed by atoms with Gasteiger partial charge in [-0.15, -0.1) is 0 Å². The first kappa shape index (κ1) is 10.7. The predicted molar refractivity (Wildman–Crippen MR) is 55.7 cm³/mol. The van der Waals surface area contributed by atoms with Crippen LogP contribution < -0.4 is 0 Å². The second-order valence-corrected chi connectivity index (χ2v) is 3.48. The summed E-state index contributed by atoms with van der Waals surface area (Å²) in [6.45, 7) is 0.818. The number of aromatic nitrogens is 2. The van der Waals surface area contributed by atoms with Crippen molar-refractivity contribution in [2.75, 3.05) is 0 Å². The Labute approximate surface area is 90.7 Å². The third-order valence-electron chi connectivity index (χ3n) is 2.29. The molecule has 0 spiro atoms. The van der Waals surface area contributed by atoms with Crippen molar-refractivity contribution >= 4 is 16.8 Å². The molecular formula is C11H10F2N2O. The topological polar surface area (TPSA) is 34.9 Å². The highest BCUT2D eigenvalue weighted by Crippen LogP contribution is 2.17. The van der Waals surface area contributed by atoms with E-state index in [1.165, 1.54) is 11.5 Å². The number of nitrogens with zero attached hydrogens (tertiary/aromatic N) is 2. The molecule has 16 heavy (non-hydrogen) atoms. The lowest BCUT2D eigenvalue weighted by atomic mass is 10.3. The summed E-state index contributed by atoms with van der Waals surface area (Å²) in [7, 11) is 0. The summed E-state index contributed by atoms with van der Waals surface area (Å²) >= 11 is 0. The summed E-state index contributed by atoms with van der Waals surface area (Å²) in [6.07, 6.45) is -2.50. The zero-order chi connectivity index (χ0) is 11.7. The second kappa shape index (κ2) is 4.00. The molecule has 0 aliphatic rings. The van der Waals surface area contributed by atoms with Crippen LogP contribution >= 0.6 is 0 Å². The van der Waals surface area contributed by atoms with Gasteiger partial charge in [0.25, 0.3) is 6.43 Å². The normalized spacial score (nSPS) is 11.2. The van der Waals surface area contributed by atoms with Gasteiger partial charge >= 0.3 is 0 Å². The van der Waals surface area contributed by atoms with Crippen LogP contribution in [0.3, 0.4) is 0 Å². The average molecular weight is 224 g/mol. The van der Waals surface area contributed by atoms with Crippen molar-refractivity contribution in [2.24, 2.45) is 0 Å². The Balaban J connectivity index is 2.64. The number of benzene rings is 1. The number of halogens is 2. The first-order valence-corrected chi connectivity index (χ1v) is 4.84. The SMILES string of the molecule is CC(=O)c1nc2ccccc2n1CC(F)F. The smallest absolute Gasteiger partial charge is 0.256 e. The molecule has 0 saturated carbocycles. The number of para-hydroxylation sites is 2. The lowest BCUT2D eigenvalue weighted by Gasteiger charge is -2.05. The Morgan fingerprint density at radius 3 is 2.75 bits per heavy atom. The van der Waals surface area contributed by atoms with E-state index in [-0.39, 0.29) is 11.6 Å². The van der Waals surface area contributed by atoms with Gasteiger partial charge in [0.05, 0.1) is 17.6 Å². The molecule has 3 nitrogen and oxygen atoms in total. The first-order chi connectivity index (χ1) is 7.59. The van der Waals surface area contributed by atoms with Crippen LogP contribution in [0.25, 0.3) is 11.0 Å². The molecule has 0 amide bonds. The molecule has 0 aliphatic carbocycles. The van der Waals surface area contributed by atoms with Crippen LogP contribution in [0.2, 0.25) is 0 Å². The van der Waals surface area contributed by atoms with Crippen molar-refractivity contribution in [3.8, 4) is 0 Å². The van der Waals surface area contributed by atoms with Crippen LogP contribution in [0, 0.1) is 0 Å². The monoisotopic (exact) mass is 224 g/mol. The van der Waals surface area contributed by atoms with Gasteiger partial charge in [0.2, 0.25) is 0 Å². The molecule has 1 heterocycles. The van der Waals surface area contributed by atoms with Gasteiger partial charge in [-0.25, -0.2) is 13.8 Å². The molecule has 0 N–H and O–H groups in total. The highest BCUT2D eigenvalue weighted by Gasteiger charge is 2.16. The largest absolute Gasteiger partial charge is 0.316 e. The minimum absolute atomic E-state index is 0.0847. The van der Waals surface area contributed by atoms with Crippen LogP contribution in [0.1, 0.15) is 17.5 Å². The Morgan fingerprint density at radius 1 is 1.44 bits per heavy atom. The van der Waals surface area contributed by atoms with E-state index in [9.17, 15) is 13.6 Å². The molecule has 84 valence electrons. The Kier molecular flexibility index (Phi) is 2.68. The molecule has 0 radical (unpaired) electrons. The van der Waals surface area contributed by atoms with E-state index >= 15 is 0 Å². The number of rotatable bonds is 3. The second-order valence-electron chi connectivity index (χ2n) is 3.48. The van der Waals surface area contributed by atoms with E-state index in [2.05, 4.69) is 4.98 Å². The third kappa shape index (κ3) is 1.80. The number of alkyl halides is 2. The number of carbonyl (C=O) groups excluding carboxylic acids is 1. The maximum Gasteiger partial charge on any atom is 0.256 e. The Morgan fingerprint density at radius 2 is 2.12 bits per heavy atom. The van der Waals surface area contributed by atoms with E-state index in [0.717, 1.165) is 0 Å². The summed E-state index contributed by atoms with van der Waals surface area (Å²) in [6, 6.07) is 6.86. The van der Waals surface area contributed by atoms with Crippen LogP contribution in [0.5, 0.6) is 0 Å². The van der Waals surface area contributed by atoms with Gasteiger partial charge in [-0.3, -0.25) is 4.79 Å². The molecule has 1 aromatic carbocycles. The van der Waals surface area contributed by atoms with E-state index in [4.69, 9.17) is 0 Å². The zero-order valence-corrected chi connectivity index (χ0v) is 8.65. The van der Waals surface area contributed by atoms with Crippen LogP contribution in [-0.4, -0.2) is 21.8 Å². The van der Waals surface area contributed by atoms with E-state index < -0.39 is 13.0 Å². The molecule has 1 aromatic heterocycles. The highest BCUT2D eigenvalue weighted by molar-refractivity contribution is 5.94. The van der Waals surface area contributed by atoms with Gasteiger partial charge in [-0.2, -0.15) is 0 Å². The van der Waals surface area contributed by atoms with E-state index in [0.29, 0.717) is 11.0 Å². The molecule has 5 heteroatoms. The Bertz CT molecular complexity index is 534. The maximum atomic E-state index is 12.4. The average Bonchev–Trinajstić information content (AvgIpc) is 2.57. The Hall–Kier alpha value is -1.78. The van der Waals surface area contributed by atoms with Gasteiger partial charge in [0, 0.05) is 6.92 Å². The number of Topliss-reactive ketones (excluding diaryl/α,β-unsaturated/α-hetero) is 1. The molecule has 0 atom stereocenters. The van der Waals surface area contributed by atoms with Crippen molar-refractivity contribution in [1.82, 2.24) is 9.55 Å². The summed E-state index contributed by atoms with van der Waals surface area (Å²) in [5, 5.41) is 0. The van der Waals surface area contributed by atoms with Gasteiger partial charge in [-0.05, 0) is 12.1 Å². The van der Waals surface area contributed by atoms with E-state index in [1.807, 2.05) is 0 Å². The number of hydrogen-bond acceptors (Lipinski definition) is 2. The van der Waals surface area contributed by atoms with Crippen LogP contribution in [0.15, 0.2) is 24.3 Å². The zero-order valence-electron chi connectivity index (χ0n) is 8.65. The lowest BCUT2D eigenvalue weighted by Crippen LogP contribution is -2.12. The predicted octanol–water partition coefficient (Wildman–Crippen LogP) is 2.50. The van der Waals surface area contributed by atoms with Gasteiger partial charge in [-0.1, -0.05) is 12.1 Å². The summed E-state index contributed by atoms with van der Waals surface area (Å²) < 4.78 is 26.1. The molecule has 0 fully saturated rings. The number of ketones is 1. The minimum atomic E-state index is -2.50. The van der Waals surface area contributed by atoms with Crippen molar-refractivity contribution in [3.05, 3.63) is 30.1 Å². The molecular weight excluding hydrogens is 214 g/mol. The first-order valence-electron chi connectivity index (χ1n) is 4.84. The number of fused-ring (bicyclic) bond motifs is 1. The highest BCUT2D eigenvalue weighted by atomic mass is 19.3. The van der Waals surface area contributed by atoms with Crippen molar-refractivity contribution in [3.63, 3.8) is 0 Å². The van der Waals surface area contributed by atoms with Gasteiger partial charge in [0.1, 0.15) is 0 Å². The number of carbonyl (C=O) groups is 1. The summed E-state index contributed by atoms with van der Waals surface area (Å²) in [4.78, 5) is 15.3. The molecule has 0 aliphatic heterocycles. The van der Waals surface area contributed by atoms with Crippen molar-refractivity contribution in [1.29, 1.82) is 0 Å². The molecule has 0 saturated heterocycles. The molecule has 2 aromatic rings. The van der Waals surface area contributed by atoms with Crippen molar-refractivity contribution in [2.45, 2.75) is 19.9 Å². The van der Waals surface area contributed by atoms with E-state index in [1.54, 1.807) is 24.3 Å². The number of imidazole rings is 1. The van der Waals surface area contributed by atoms with Gasteiger partial charge < -0.3 is 4.57 Å². The lowest BCUT2D eigenvalue weighted by molar-refractivity contribution is 0.0985. The molecule has 0 unspecified atom stereocenters. The minimum Gasteiger partial charge on any atom is -0.316 e. The van der Waals surface area contributed by atoms with Crippen molar-refractivity contribution < 1.29 is 13.6 Å². The maximum absolute atomic E-state index is 12.4. The fourth-order valence-corrected chi connectivity index (χ4v) is 1.67. The summed E-state index contributed by atoms with van der Waals surface area (Å²) in [5.41, 5.74) is 1.13. The van der Waals surface area contributed by atoms with Crippen LogP contribution in [0.4, 0.5) is 8.78 Å². The fourth-order valence-electron chi connectivity index (χ4n) is 1.67. The molecule has 0 bridgehead atoms.